The summed E-state index contributed by atoms with van der Waals surface area (Å²) >= 11 is 1.68. The van der Waals surface area contributed by atoms with Crippen molar-refractivity contribution in [3.05, 3.63) is 30.1 Å². The number of carbonyl (C=O) groups excluding carboxylic acids is 1. The van der Waals surface area contributed by atoms with Gasteiger partial charge in [-0.2, -0.15) is 5.10 Å². The summed E-state index contributed by atoms with van der Waals surface area (Å²) in [6.45, 7) is 5.88. The third kappa shape index (κ3) is 4.68. The molecule has 23 heavy (non-hydrogen) atoms. The van der Waals surface area contributed by atoms with Crippen LogP contribution in [-0.4, -0.2) is 58.8 Å². The van der Waals surface area contributed by atoms with E-state index < -0.39 is 0 Å². The van der Waals surface area contributed by atoms with Crippen molar-refractivity contribution in [3.8, 4) is 0 Å². The average Bonchev–Trinajstić information content (AvgIpc) is 2.58. The van der Waals surface area contributed by atoms with Gasteiger partial charge in [0.15, 0.2) is 5.50 Å². The van der Waals surface area contributed by atoms with Gasteiger partial charge in [-0.3, -0.25) is 14.8 Å². The highest BCUT2D eigenvalue weighted by Gasteiger charge is 2.33. The van der Waals surface area contributed by atoms with Crippen LogP contribution in [-0.2, 0) is 15.3 Å². The topological polar surface area (TPSA) is 58.0 Å². The molecule has 1 aromatic heterocycles. The minimum atomic E-state index is -0.119. The Labute approximate surface area is 141 Å². The molecule has 2 rings (SSSR count). The maximum Gasteiger partial charge on any atom is 0.272 e. The van der Waals surface area contributed by atoms with Gasteiger partial charge in [0.05, 0.1) is 13.2 Å². The average molecular weight is 336 g/mol. The number of carbonyl (C=O) groups is 1. The van der Waals surface area contributed by atoms with Crippen molar-refractivity contribution in [1.29, 1.82) is 0 Å². The smallest absolute Gasteiger partial charge is 0.272 e. The van der Waals surface area contributed by atoms with Crippen LogP contribution < -0.4 is 0 Å². The third-order valence-electron chi connectivity index (χ3n) is 3.55. The first-order valence-corrected chi connectivity index (χ1v) is 8.91. The third-order valence-corrected chi connectivity index (χ3v) is 4.91. The zero-order valence-electron chi connectivity index (χ0n) is 13.9. The molecule has 0 aliphatic carbocycles. The van der Waals surface area contributed by atoms with E-state index in [1.165, 1.54) is 5.56 Å². The lowest BCUT2D eigenvalue weighted by atomic mass is 10.2. The van der Waals surface area contributed by atoms with Crippen LogP contribution in [0.1, 0.15) is 25.8 Å². The summed E-state index contributed by atoms with van der Waals surface area (Å²) in [5.41, 5.74) is 1.66. The summed E-state index contributed by atoms with van der Waals surface area (Å²) in [6.07, 6.45) is 4.20. The number of ether oxygens (including phenoxy) is 1. The number of hydrogen-bond donors (Lipinski definition) is 0. The fourth-order valence-electron chi connectivity index (χ4n) is 2.28. The Hall–Kier alpha value is -1.60. The van der Waals surface area contributed by atoms with Crippen molar-refractivity contribution >= 4 is 23.4 Å². The molecule has 7 heteroatoms. The van der Waals surface area contributed by atoms with Crippen LogP contribution in [0.3, 0.4) is 0 Å². The Kier molecular flexibility index (Phi) is 6.85. The Morgan fingerprint density at radius 2 is 2.04 bits per heavy atom. The molecule has 2 heterocycles. The molecule has 6 nitrogen and oxygen atoms in total. The first kappa shape index (κ1) is 17.7. The number of nitrogens with zero attached hydrogens (tertiary/aromatic N) is 4. The van der Waals surface area contributed by atoms with E-state index in [-0.39, 0.29) is 11.4 Å². The highest BCUT2D eigenvalue weighted by atomic mass is 32.2. The molecule has 1 amide bonds. The Morgan fingerprint density at radius 1 is 1.30 bits per heavy atom. The van der Waals surface area contributed by atoms with E-state index in [1.807, 2.05) is 38.0 Å². The molecule has 1 aliphatic rings. The van der Waals surface area contributed by atoms with Gasteiger partial charge in [0.25, 0.3) is 5.91 Å². The Bertz CT molecular complexity index is 538. The van der Waals surface area contributed by atoms with Crippen LogP contribution in [0.2, 0.25) is 0 Å². The van der Waals surface area contributed by atoms with Crippen LogP contribution in [0.25, 0.3) is 0 Å². The van der Waals surface area contributed by atoms with Crippen molar-refractivity contribution in [1.82, 2.24) is 14.9 Å². The van der Waals surface area contributed by atoms with Gasteiger partial charge in [-0.1, -0.05) is 6.92 Å². The second kappa shape index (κ2) is 8.88. The van der Waals surface area contributed by atoms with Gasteiger partial charge in [-0.05, 0) is 31.0 Å². The lowest BCUT2D eigenvalue weighted by molar-refractivity contribution is -0.127. The molecule has 1 aromatic rings. The van der Waals surface area contributed by atoms with E-state index in [2.05, 4.69) is 10.1 Å². The van der Waals surface area contributed by atoms with Crippen LogP contribution in [0.15, 0.2) is 29.6 Å². The van der Waals surface area contributed by atoms with Crippen LogP contribution in [0, 0.1) is 0 Å². The van der Waals surface area contributed by atoms with Gasteiger partial charge >= 0.3 is 0 Å². The van der Waals surface area contributed by atoms with Gasteiger partial charge in [0, 0.05) is 31.8 Å². The summed E-state index contributed by atoms with van der Waals surface area (Å²) in [4.78, 5) is 18.2. The highest BCUT2D eigenvalue weighted by molar-refractivity contribution is 7.99. The van der Waals surface area contributed by atoms with Gasteiger partial charge in [-0.15, -0.1) is 11.8 Å². The van der Waals surface area contributed by atoms with Crippen molar-refractivity contribution in [2.45, 2.75) is 31.5 Å². The molecule has 1 aliphatic heterocycles. The molecule has 0 fully saturated rings. The molecule has 1 unspecified atom stereocenters. The maximum absolute atomic E-state index is 12.4. The van der Waals surface area contributed by atoms with Gasteiger partial charge in [0.1, 0.15) is 5.71 Å². The lowest BCUT2D eigenvalue weighted by Gasteiger charge is -2.39. The molecule has 126 valence electrons. The molecule has 0 N–H and O–H groups in total. The molecule has 0 saturated heterocycles. The van der Waals surface area contributed by atoms with Gasteiger partial charge in [-0.25, -0.2) is 0 Å². The van der Waals surface area contributed by atoms with E-state index in [4.69, 9.17) is 4.74 Å². The minimum absolute atomic E-state index is 0.00684. The second-order valence-electron chi connectivity index (χ2n) is 5.17. The maximum atomic E-state index is 12.4. The number of amides is 1. The van der Waals surface area contributed by atoms with Crippen molar-refractivity contribution in [2.75, 3.05) is 26.8 Å². The number of hydrazone groups is 1. The Balaban J connectivity index is 2.08. The number of thioether (sulfide) groups is 1. The minimum Gasteiger partial charge on any atom is -0.380 e. The van der Waals surface area contributed by atoms with E-state index in [0.717, 1.165) is 5.75 Å². The molecule has 1 atom stereocenters. The van der Waals surface area contributed by atoms with Gasteiger partial charge < -0.3 is 9.64 Å². The molecule has 0 radical (unpaired) electrons. The van der Waals surface area contributed by atoms with E-state index in [0.29, 0.717) is 31.9 Å². The first-order valence-electron chi connectivity index (χ1n) is 7.86. The largest absolute Gasteiger partial charge is 0.380 e. The summed E-state index contributed by atoms with van der Waals surface area (Å²) in [5.74, 6) is 0.805. The standard InChI is InChI=1S/C16H24N4O2S/c1-4-14-15(21)19(3)16(20(18-14)10-11-22-5-2)23-12-13-6-8-17-9-7-13/h6-9,16H,4-5,10-12H2,1-3H3. The molecule has 0 aromatic carbocycles. The SMILES string of the molecule is CCOCCN1N=C(CC)C(=O)N(C)C1SCc1ccncc1. The lowest BCUT2D eigenvalue weighted by Crippen LogP contribution is -2.52. The Morgan fingerprint density at radius 3 is 2.70 bits per heavy atom. The highest BCUT2D eigenvalue weighted by Crippen LogP contribution is 2.26. The molecule has 0 spiro atoms. The molecule has 0 bridgehead atoms. The van der Waals surface area contributed by atoms with Crippen LogP contribution >= 0.6 is 11.8 Å². The predicted octanol–water partition coefficient (Wildman–Crippen LogP) is 2.17. The normalized spacial score (nSPS) is 18.3. The van der Waals surface area contributed by atoms with Crippen molar-refractivity contribution < 1.29 is 9.53 Å². The molecular formula is C16H24N4O2S. The molecule has 0 saturated carbocycles. The van der Waals surface area contributed by atoms with E-state index >= 15 is 0 Å². The number of hydrogen-bond acceptors (Lipinski definition) is 6. The van der Waals surface area contributed by atoms with Crippen LogP contribution in [0.4, 0.5) is 0 Å². The first-order chi connectivity index (χ1) is 11.2. The zero-order valence-corrected chi connectivity index (χ0v) is 14.8. The predicted molar refractivity (Wildman–Crippen MR) is 93.0 cm³/mol. The van der Waals surface area contributed by atoms with Crippen LogP contribution in [0.5, 0.6) is 0 Å². The van der Waals surface area contributed by atoms with Crippen molar-refractivity contribution in [2.24, 2.45) is 5.10 Å². The summed E-state index contributed by atoms with van der Waals surface area (Å²) in [7, 11) is 1.84. The number of rotatable bonds is 8. The number of pyridine rings is 1. The summed E-state index contributed by atoms with van der Waals surface area (Å²) < 4.78 is 5.45. The van der Waals surface area contributed by atoms with Crippen molar-refractivity contribution in [3.63, 3.8) is 0 Å². The van der Waals surface area contributed by atoms with Gasteiger partial charge in [0.2, 0.25) is 0 Å². The quantitative estimate of drug-likeness (QED) is 0.681. The molecular weight excluding hydrogens is 312 g/mol. The monoisotopic (exact) mass is 336 g/mol. The zero-order chi connectivity index (χ0) is 16.7. The summed E-state index contributed by atoms with van der Waals surface area (Å²) in [6, 6.07) is 3.98. The fraction of sp³-hybridized carbons (Fsp3) is 0.562. The van der Waals surface area contributed by atoms with E-state index in [9.17, 15) is 4.79 Å². The second-order valence-corrected chi connectivity index (χ2v) is 6.21. The number of aromatic nitrogens is 1. The fourth-order valence-corrected chi connectivity index (χ4v) is 3.46. The summed E-state index contributed by atoms with van der Waals surface area (Å²) in [5, 5.41) is 6.50. The van der Waals surface area contributed by atoms with E-state index in [1.54, 1.807) is 29.1 Å².